The number of hydrogen-bond donors (Lipinski definition) is 6. The second-order valence-corrected chi connectivity index (χ2v) is 23.2. The molecule has 3 aromatic carbocycles. The Hall–Kier alpha value is -4.03. The van der Waals surface area contributed by atoms with Crippen LogP contribution >= 0.6 is 0 Å². The van der Waals surface area contributed by atoms with Crippen molar-refractivity contribution in [3.8, 4) is 11.5 Å². The van der Waals surface area contributed by atoms with Crippen LogP contribution in [0.15, 0.2) is 46.4 Å². The van der Waals surface area contributed by atoms with E-state index in [9.17, 15) is 10.2 Å². The van der Waals surface area contributed by atoms with Crippen LogP contribution < -0.4 is 9.80 Å². The normalized spacial score (nSPS) is 15.6. The summed E-state index contributed by atoms with van der Waals surface area (Å²) in [5, 5.41) is 38.3. The molecule has 373 valence electrons. The molecule has 5 rings (SSSR count). The van der Waals surface area contributed by atoms with Gasteiger partial charge in [0.25, 0.3) is 0 Å². The van der Waals surface area contributed by atoms with Gasteiger partial charge in [0.05, 0.1) is 50.6 Å². The van der Waals surface area contributed by atoms with Crippen LogP contribution in [0.1, 0.15) is 192 Å². The molecule has 0 atom stereocenters. The van der Waals surface area contributed by atoms with Crippen molar-refractivity contribution < 1.29 is 56.6 Å². The summed E-state index contributed by atoms with van der Waals surface area (Å²) >= 11 is 0. The van der Waals surface area contributed by atoms with Crippen molar-refractivity contribution in [1.82, 2.24) is 0 Å². The van der Waals surface area contributed by atoms with Crippen LogP contribution in [0.2, 0.25) is 0 Å². The fraction of sp³-hybridized carbons (Fsp3) is 0.607. The van der Waals surface area contributed by atoms with Crippen molar-refractivity contribution in [1.29, 1.82) is 0 Å². The molecule has 6 N–H and O–H groups in total. The van der Waals surface area contributed by atoms with E-state index >= 15 is 0 Å². The molecule has 2 heterocycles. The van der Waals surface area contributed by atoms with Gasteiger partial charge in [0.15, 0.2) is 0 Å². The van der Waals surface area contributed by atoms with Gasteiger partial charge in [-0.05, 0) is 145 Å². The second kappa shape index (κ2) is 25.0. The summed E-state index contributed by atoms with van der Waals surface area (Å²) < 4.78 is 0. The third-order valence-corrected chi connectivity index (χ3v) is 13.4. The standard InChI is InChI=1S/C54H82N4O2.C2H2O4.Co/c1-51(2,3)43-31-41(49(59)45(35-43)53(7,8)9)37-55-47-33-39(23-15-21-29-57-25-17-13-18-26-57)40(24-16-22-30-58-27-19-14-20-28-58)34-48(47)56-38-42-32-44(52(4,5)6)36-46(50(42)60)54(10,11)12;3-1(4)2(5)6;/h31-38,59-60H,13-30H2,1-12H3;(H,3,4)(H,5,6);/p+2. The molecule has 0 aliphatic carbocycles. The largest absolute Gasteiger partial charge is 0.507 e. The number of piperidine rings is 2. The third kappa shape index (κ3) is 17.8. The number of benzene rings is 3. The summed E-state index contributed by atoms with van der Waals surface area (Å²) in [6, 6.07) is 13.1. The van der Waals surface area contributed by atoms with Crippen LogP contribution in [0.25, 0.3) is 0 Å². The molecule has 1 radical (unpaired) electrons. The molecule has 67 heavy (non-hydrogen) atoms. The number of aryl methyl sites for hydroxylation is 2. The van der Waals surface area contributed by atoms with E-state index in [0.717, 1.165) is 59.3 Å². The van der Waals surface area contributed by atoms with Crippen molar-refractivity contribution in [2.75, 3.05) is 39.3 Å². The van der Waals surface area contributed by atoms with Crippen LogP contribution in [-0.4, -0.2) is 84.1 Å². The number of likely N-dealkylation sites (tertiary alicyclic amines) is 2. The molecule has 10 nitrogen and oxygen atoms in total. The van der Waals surface area contributed by atoms with Gasteiger partial charge < -0.3 is 30.2 Å². The van der Waals surface area contributed by atoms with E-state index in [1.165, 1.54) is 113 Å². The van der Waals surface area contributed by atoms with Crippen molar-refractivity contribution in [2.45, 2.75) is 182 Å². The molecule has 0 bridgehead atoms. The Bertz CT molecular complexity index is 2010. The Morgan fingerprint density at radius 3 is 1.12 bits per heavy atom. The molecule has 2 fully saturated rings. The first kappa shape index (κ1) is 57.3. The molecule has 0 saturated carbocycles. The number of phenolic OH excluding ortho intramolecular Hbond substituents is 2. The first-order chi connectivity index (χ1) is 30.8. The number of aliphatic imine (C=N–C) groups is 2. The van der Waals surface area contributed by atoms with Gasteiger partial charge in [-0.3, -0.25) is 9.98 Å². The van der Waals surface area contributed by atoms with Crippen molar-refractivity contribution in [3.63, 3.8) is 0 Å². The molecule has 3 aromatic rings. The van der Waals surface area contributed by atoms with E-state index in [1.807, 2.05) is 12.4 Å². The number of unbranched alkanes of at least 4 members (excludes halogenated alkanes) is 2. The summed E-state index contributed by atoms with van der Waals surface area (Å²) in [5.74, 6) is -3.07. The zero-order valence-corrected chi connectivity index (χ0v) is 44.2. The predicted molar refractivity (Wildman–Crippen MR) is 272 cm³/mol. The Balaban J connectivity index is 0.00000159. The van der Waals surface area contributed by atoms with Gasteiger partial charge in [-0.1, -0.05) is 95.2 Å². The Labute approximate surface area is 414 Å². The Morgan fingerprint density at radius 1 is 0.507 bits per heavy atom. The van der Waals surface area contributed by atoms with Gasteiger partial charge in [0.1, 0.15) is 11.5 Å². The fourth-order valence-electron chi connectivity index (χ4n) is 9.12. The third-order valence-electron chi connectivity index (χ3n) is 13.4. The minimum Gasteiger partial charge on any atom is -0.507 e. The first-order valence-corrected chi connectivity index (χ1v) is 24.9. The van der Waals surface area contributed by atoms with Gasteiger partial charge in [-0.25, -0.2) is 9.59 Å². The van der Waals surface area contributed by atoms with Crippen molar-refractivity contribution in [2.24, 2.45) is 9.98 Å². The molecule has 0 unspecified atom stereocenters. The van der Waals surface area contributed by atoms with Crippen LogP contribution in [0, 0.1) is 0 Å². The summed E-state index contributed by atoms with van der Waals surface area (Å²) in [7, 11) is 0. The monoisotopic (exact) mass is 970 g/mol. The van der Waals surface area contributed by atoms with E-state index in [4.69, 9.17) is 29.8 Å². The number of phenols is 2. The molecule has 2 aliphatic heterocycles. The van der Waals surface area contributed by atoms with E-state index in [2.05, 4.69) is 119 Å². The van der Waals surface area contributed by atoms with E-state index in [-0.39, 0.29) is 49.9 Å². The van der Waals surface area contributed by atoms with Gasteiger partial charge in [0.2, 0.25) is 0 Å². The zero-order valence-electron chi connectivity index (χ0n) is 43.2. The molecule has 2 aliphatic rings. The number of quaternary nitrogens is 2. The summed E-state index contributed by atoms with van der Waals surface area (Å²) in [4.78, 5) is 32.2. The molecular formula is C56H86CoN4O6+2. The average Bonchev–Trinajstić information content (AvgIpc) is 3.23. The topological polar surface area (TPSA) is 149 Å². The molecular weight excluding hydrogens is 884 g/mol. The molecule has 11 heteroatoms. The summed E-state index contributed by atoms with van der Waals surface area (Å²) in [5.41, 5.74) is 9.32. The predicted octanol–water partition coefficient (Wildman–Crippen LogP) is 9.73. The van der Waals surface area contributed by atoms with Crippen LogP contribution in [-0.2, 0) is 60.9 Å². The van der Waals surface area contributed by atoms with E-state index < -0.39 is 11.9 Å². The average molecular weight is 970 g/mol. The number of carboxylic acid groups (broad SMARTS) is 2. The van der Waals surface area contributed by atoms with Crippen molar-refractivity contribution >= 4 is 35.7 Å². The number of aliphatic carboxylic acids is 2. The fourth-order valence-corrected chi connectivity index (χ4v) is 9.12. The van der Waals surface area contributed by atoms with Gasteiger partial charge >= 0.3 is 11.9 Å². The van der Waals surface area contributed by atoms with E-state index in [0.29, 0.717) is 0 Å². The summed E-state index contributed by atoms with van der Waals surface area (Å²) in [6.07, 6.45) is 18.8. The number of aromatic hydroxyl groups is 2. The SMILES string of the molecule is CC(C)(C)c1cc(C=Nc2cc(CCCC[NH+]3CCCCC3)c(CCCC[NH+]3CCCCC3)cc2N=Cc2cc(C(C)(C)C)cc(C(C)(C)C)c2O)c(O)c(C(C)(C)C)c1.O=C(O)C(=O)O.[Co]. The number of nitrogens with zero attached hydrogens (tertiary/aromatic N) is 2. The van der Waals surface area contributed by atoms with Crippen molar-refractivity contribution in [3.05, 3.63) is 80.9 Å². The van der Waals surface area contributed by atoms with Gasteiger partial charge in [0, 0.05) is 51.5 Å². The number of carbonyl (C=O) groups is 2. The van der Waals surface area contributed by atoms with Crippen LogP contribution in [0.4, 0.5) is 11.4 Å². The van der Waals surface area contributed by atoms with Gasteiger partial charge in [-0.15, -0.1) is 0 Å². The molecule has 0 spiro atoms. The maximum Gasteiger partial charge on any atom is 0.414 e. The number of nitrogens with one attached hydrogen (secondary N) is 2. The first-order valence-electron chi connectivity index (χ1n) is 24.9. The minimum absolute atomic E-state index is 0. The van der Waals surface area contributed by atoms with Gasteiger partial charge in [-0.2, -0.15) is 0 Å². The molecule has 0 amide bonds. The number of rotatable bonds is 14. The van der Waals surface area contributed by atoms with Crippen LogP contribution in [0.5, 0.6) is 11.5 Å². The number of carboxylic acids is 2. The maximum atomic E-state index is 11.7. The second-order valence-electron chi connectivity index (χ2n) is 23.2. The zero-order chi connectivity index (χ0) is 49.0. The van der Waals surface area contributed by atoms with Crippen LogP contribution in [0.3, 0.4) is 0 Å². The number of hydrogen-bond acceptors (Lipinski definition) is 6. The quantitative estimate of drug-likeness (QED) is 0.0539. The minimum atomic E-state index is -1.82. The molecule has 0 aromatic heterocycles. The smallest absolute Gasteiger partial charge is 0.414 e. The Morgan fingerprint density at radius 2 is 0.836 bits per heavy atom. The summed E-state index contributed by atoms with van der Waals surface area (Å²) in [6.45, 7) is 34.1. The molecule has 2 saturated heterocycles. The maximum absolute atomic E-state index is 11.7. The van der Waals surface area contributed by atoms with E-state index in [1.54, 1.807) is 9.80 Å². The Kier molecular flexibility index (Phi) is 21.4.